The number of benzene rings is 2. The van der Waals surface area contributed by atoms with E-state index in [4.69, 9.17) is 27.9 Å². The fourth-order valence-electron chi connectivity index (χ4n) is 2.69. The van der Waals surface area contributed by atoms with Gasteiger partial charge in [-0.3, -0.25) is 9.59 Å². The summed E-state index contributed by atoms with van der Waals surface area (Å²) in [6.45, 7) is 0. The van der Waals surface area contributed by atoms with Crippen LogP contribution in [0.1, 0.15) is 28.4 Å². The second-order valence-electron chi connectivity index (χ2n) is 5.98. The zero-order chi connectivity index (χ0) is 20.1. The van der Waals surface area contributed by atoms with Crippen molar-refractivity contribution in [1.82, 2.24) is 15.1 Å². The number of nitrogens with one attached hydrogen (secondary N) is 1. The van der Waals surface area contributed by atoms with E-state index in [0.717, 1.165) is 5.69 Å². The first-order valence-corrected chi connectivity index (χ1v) is 9.16. The van der Waals surface area contributed by atoms with E-state index in [9.17, 15) is 9.59 Å². The van der Waals surface area contributed by atoms with Crippen LogP contribution in [0.25, 0.3) is 5.69 Å². The molecule has 0 aliphatic carbocycles. The van der Waals surface area contributed by atoms with Crippen molar-refractivity contribution in [2.75, 3.05) is 7.11 Å². The predicted octanol–water partition coefficient (Wildman–Crippen LogP) is 4.21. The molecular weight excluding hydrogens is 401 g/mol. The first-order valence-electron chi connectivity index (χ1n) is 8.40. The third-order valence-corrected chi connectivity index (χ3v) is 4.68. The highest BCUT2D eigenvalue weighted by atomic mass is 35.5. The van der Waals surface area contributed by atoms with Gasteiger partial charge in [0.05, 0.1) is 37.0 Å². The lowest BCUT2D eigenvalue weighted by Gasteiger charge is -2.19. The second kappa shape index (κ2) is 8.91. The maximum atomic E-state index is 12.7. The summed E-state index contributed by atoms with van der Waals surface area (Å²) in [6.07, 6.45) is 2.98. The molecule has 8 heteroatoms. The van der Waals surface area contributed by atoms with Gasteiger partial charge in [0.25, 0.3) is 5.91 Å². The number of methoxy groups -OCH3 is 1. The average Bonchev–Trinajstić information content (AvgIpc) is 3.18. The molecule has 0 aliphatic rings. The highest BCUT2D eigenvalue weighted by Gasteiger charge is 2.22. The molecule has 1 atom stereocenters. The Hall–Kier alpha value is -2.83. The number of carbonyl (C=O) groups excluding carboxylic acids is 2. The molecule has 3 rings (SSSR count). The number of nitrogens with zero attached hydrogens (tertiary/aromatic N) is 2. The summed E-state index contributed by atoms with van der Waals surface area (Å²) in [6, 6.07) is 13.5. The largest absolute Gasteiger partial charge is 0.469 e. The van der Waals surface area contributed by atoms with Crippen LogP contribution in [0.5, 0.6) is 0 Å². The van der Waals surface area contributed by atoms with E-state index in [-0.39, 0.29) is 12.3 Å². The van der Waals surface area contributed by atoms with Gasteiger partial charge >= 0.3 is 5.97 Å². The molecule has 144 valence electrons. The van der Waals surface area contributed by atoms with Crippen LogP contribution in [0, 0.1) is 0 Å². The standard InChI is InChI=1S/C20H17Cl2N3O3/c1-28-19(26)10-18(16-7-2-3-8-17(16)22)24-20(27)13-11-23-25(12-13)15-6-4-5-14(21)9-15/h2-9,11-12,18H,10H2,1H3,(H,24,27). The molecule has 0 saturated carbocycles. The summed E-state index contributed by atoms with van der Waals surface area (Å²) in [4.78, 5) is 24.5. The number of hydrogen-bond donors (Lipinski definition) is 1. The molecule has 0 radical (unpaired) electrons. The van der Waals surface area contributed by atoms with Crippen molar-refractivity contribution in [2.24, 2.45) is 0 Å². The predicted molar refractivity (Wildman–Crippen MR) is 107 cm³/mol. The molecule has 3 aromatic rings. The van der Waals surface area contributed by atoms with Crippen molar-refractivity contribution in [2.45, 2.75) is 12.5 Å². The van der Waals surface area contributed by atoms with Crippen molar-refractivity contribution in [1.29, 1.82) is 0 Å². The molecule has 0 aliphatic heterocycles. The molecule has 28 heavy (non-hydrogen) atoms. The van der Waals surface area contributed by atoms with Gasteiger partial charge in [0.2, 0.25) is 0 Å². The molecular formula is C20H17Cl2N3O3. The van der Waals surface area contributed by atoms with Crippen LogP contribution >= 0.6 is 23.2 Å². The minimum Gasteiger partial charge on any atom is -0.469 e. The van der Waals surface area contributed by atoms with E-state index in [1.165, 1.54) is 13.3 Å². The number of halogens is 2. The smallest absolute Gasteiger partial charge is 0.307 e. The molecule has 0 spiro atoms. The van der Waals surface area contributed by atoms with Gasteiger partial charge in [-0.15, -0.1) is 0 Å². The van der Waals surface area contributed by atoms with Gasteiger partial charge in [0, 0.05) is 16.2 Å². The van der Waals surface area contributed by atoms with Gasteiger partial charge in [-0.25, -0.2) is 4.68 Å². The number of amides is 1. The minimum atomic E-state index is -0.636. The summed E-state index contributed by atoms with van der Waals surface area (Å²) in [5.41, 5.74) is 1.69. The number of ether oxygens (including phenoxy) is 1. The first-order chi connectivity index (χ1) is 13.5. The molecule has 1 amide bonds. The van der Waals surface area contributed by atoms with Crippen molar-refractivity contribution in [3.05, 3.63) is 82.1 Å². The Morgan fingerprint density at radius 2 is 1.96 bits per heavy atom. The van der Waals surface area contributed by atoms with Gasteiger partial charge < -0.3 is 10.1 Å². The van der Waals surface area contributed by atoms with Gasteiger partial charge in [0.15, 0.2) is 0 Å². The Bertz CT molecular complexity index is 1000. The van der Waals surface area contributed by atoms with Crippen molar-refractivity contribution in [3.8, 4) is 5.69 Å². The summed E-state index contributed by atoms with van der Waals surface area (Å²) in [7, 11) is 1.29. The highest BCUT2D eigenvalue weighted by molar-refractivity contribution is 6.31. The number of esters is 1. The van der Waals surface area contributed by atoms with Crippen molar-refractivity contribution in [3.63, 3.8) is 0 Å². The van der Waals surface area contributed by atoms with Gasteiger partial charge in [-0.1, -0.05) is 47.5 Å². The molecule has 1 aromatic heterocycles. The molecule has 0 bridgehead atoms. The Morgan fingerprint density at radius 1 is 1.18 bits per heavy atom. The quantitative estimate of drug-likeness (QED) is 0.609. The molecule has 0 saturated heterocycles. The molecule has 1 heterocycles. The fraction of sp³-hybridized carbons (Fsp3) is 0.150. The zero-order valence-corrected chi connectivity index (χ0v) is 16.4. The minimum absolute atomic E-state index is 0.0472. The molecule has 6 nitrogen and oxygen atoms in total. The van der Waals surface area contributed by atoms with Crippen LogP contribution in [0.3, 0.4) is 0 Å². The fourth-order valence-corrected chi connectivity index (χ4v) is 3.14. The van der Waals surface area contributed by atoms with Gasteiger partial charge in [-0.2, -0.15) is 5.10 Å². The van der Waals surface area contributed by atoms with Crippen molar-refractivity contribution < 1.29 is 14.3 Å². The van der Waals surface area contributed by atoms with E-state index in [1.807, 2.05) is 6.07 Å². The Balaban J connectivity index is 1.82. The van der Waals surface area contributed by atoms with E-state index in [1.54, 1.807) is 53.3 Å². The lowest BCUT2D eigenvalue weighted by Crippen LogP contribution is -2.30. The third kappa shape index (κ3) is 4.71. The Kier molecular flexibility index (Phi) is 6.34. The van der Waals surface area contributed by atoms with Gasteiger partial charge in [-0.05, 0) is 29.8 Å². The summed E-state index contributed by atoms with van der Waals surface area (Å²) >= 11 is 12.2. The summed E-state index contributed by atoms with van der Waals surface area (Å²) in [5, 5.41) is 8.05. The van der Waals surface area contributed by atoms with E-state index in [0.29, 0.717) is 21.2 Å². The van der Waals surface area contributed by atoms with E-state index >= 15 is 0 Å². The van der Waals surface area contributed by atoms with Crippen LogP contribution in [0.15, 0.2) is 60.9 Å². The van der Waals surface area contributed by atoms with Crippen LogP contribution in [-0.2, 0) is 9.53 Å². The van der Waals surface area contributed by atoms with E-state index in [2.05, 4.69) is 10.4 Å². The normalized spacial score (nSPS) is 11.7. The maximum absolute atomic E-state index is 12.7. The second-order valence-corrected chi connectivity index (χ2v) is 6.82. The lowest BCUT2D eigenvalue weighted by atomic mass is 10.0. The van der Waals surface area contributed by atoms with Crippen LogP contribution in [-0.4, -0.2) is 28.8 Å². The third-order valence-electron chi connectivity index (χ3n) is 4.10. The number of aromatic nitrogens is 2. The monoisotopic (exact) mass is 417 g/mol. The zero-order valence-electron chi connectivity index (χ0n) is 14.9. The average molecular weight is 418 g/mol. The maximum Gasteiger partial charge on any atom is 0.307 e. The van der Waals surface area contributed by atoms with Crippen LogP contribution in [0.2, 0.25) is 10.0 Å². The number of carbonyl (C=O) groups is 2. The molecule has 0 fully saturated rings. The van der Waals surface area contributed by atoms with Crippen LogP contribution in [0.4, 0.5) is 0 Å². The topological polar surface area (TPSA) is 73.2 Å². The first kappa shape index (κ1) is 19.9. The van der Waals surface area contributed by atoms with Crippen molar-refractivity contribution >= 4 is 35.1 Å². The Morgan fingerprint density at radius 3 is 2.68 bits per heavy atom. The number of hydrogen-bond acceptors (Lipinski definition) is 4. The SMILES string of the molecule is COC(=O)CC(NC(=O)c1cnn(-c2cccc(Cl)c2)c1)c1ccccc1Cl. The van der Waals surface area contributed by atoms with Crippen LogP contribution < -0.4 is 5.32 Å². The molecule has 2 aromatic carbocycles. The van der Waals surface area contributed by atoms with Gasteiger partial charge in [0.1, 0.15) is 0 Å². The van der Waals surface area contributed by atoms with E-state index < -0.39 is 12.0 Å². The molecule has 1 unspecified atom stereocenters. The lowest BCUT2D eigenvalue weighted by molar-refractivity contribution is -0.141. The highest BCUT2D eigenvalue weighted by Crippen LogP contribution is 2.26. The number of rotatable bonds is 6. The summed E-state index contributed by atoms with van der Waals surface area (Å²) in [5.74, 6) is -0.845. The molecule has 1 N–H and O–H groups in total. The Labute approximate surface area is 172 Å². The summed E-state index contributed by atoms with van der Waals surface area (Å²) < 4.78 is 6.29.